The molecule has 0 fully saturated rings. The number of aryl methyl sites for hydroxylation is 1. The van der Waals surface area contributed by atoms with Crippen LogP contribution < -0.4 is 11.1 Å². The minimum atomic E-state index is 0.795. The average Bonchev–Trinajstić information content (AvgIpc) is 2.63. The van der Waals surface area contributed by atoms with Crippen LogP contribution in [0.4, 0.5) is 5.69 Å². The summed E-state index contributed by atoms with van der Waals surface area (Å²) >= 11 is 5.28. The molecule has 0 aliphatic carbocycles. The van der Waals surface area contributed by atoms with Crippen molar-refractivity contribution < 1.29 is 0 Å². The first kappa shape index (κ1) is 12.6. The maximum atomic E-state index is 5.79. The molecule has 2 nitrogen and oxygen atoms in total. The Morgan fingerprint density at radius 2 is 2.06 bits per heavy atom. The monoisotopic (exact) mass is 310 g/mol. The third kappa shape index (κ3) is 3.84. The highest BCUT2D eigenvalue weighted by atomic mass is 79.9. The smallest absolute Gasteiger partial charge is 0.0328 e. The van der Waals surface area contributed by atoms with Crippen molar-refractivity contribution in [2.24, 2.45) is 0 Å². The normalized spacial score (nSPS) is 10.7. The lowest BCUT2D eigenvalue weighted by atomic mass is 10.2. The number of benzene rings is 1. The molecule has 1 heterocycles. The molecule has 3 N–H and O–H groups in total. The molecule has 2 rings (SSSR count). The zero-order valence-electron chi connectivity index (χ0n) is 9.66. The molecule has 0 amide bonds. The van der Waals surface area contributed by atoms with Crippen LogP contribution in [0.5, 0.6) is 0 Å². The molecule has 0 radical (unpaired) electrons. The van der Waals surface area contributed by atoms with Gasteiger partial charge in [0.15, 0.2) is 0 Å². The number of anilines is 1. The summed E-state index contributed by atoms with van der Waals surface area (Å²) in [5, 5.41) is 3.42. The number of nitrogens with one attached hydrogen (secondary N) is 1. The Kier molecular flexibility index (Phi) is 4.20. The molecule has 0 saturated carbocycles. The van der Waals surface area contributed by atoms with Gasteiger partial charge in [0.1, 0.15) is 0 Å². The number of nitrogen functional groups attached to an aromatic ring is 1. The molecule has 4 heteroatoms. The van der Waals surface area contributed by atoms with Gasteiger partial charge in [-0.15, -0.1) is 11.3 Å². The van der Waals surface area contributed by atoms with E-state index in [0.29, 0.717) is 0 Å². The Morgan fingerprint density at radius 1 is 1.24 bits per heavy atom. The van der Waals surface area contributed by atoms with Crippen molar-refractivity contribution in [3.8, 4) is 0 Å². The van der Waals surface area contributed by atoms with Crippen molar-refractivity contribution in [1.29, 1.82) is 0 Å². The van der Waals surface area contributed by atoms with E-state index in [2.05, 4.69) is 46.4 Å². The van der Waals surface area contributed by atoms with Gasteiger partial charge in [-0.25, -0.2) is 0 Å². The highest BCUT2D eigenvalue weighted by molar-refractivity contribution is 9.10. The summed E-state index contributed by atoms with van der Waals surface area (Å²) in [6.07, 6.45) is 0. The van der Waals surface area contributed by atoms with Crippen LogP contribution in [0.1, 0.15) is 15.3 Å². The van der Waals surface area contributed by atoms with E-state index in [9.17, 15) is 0 Å². The average molecular weight is 311 g/mol. The van der Waals surface area contributed by atoms with E-state index in [1.807, 2.05) is 23.5 Å². The van der Waals surface area contributed by atoms with Gasteiger partial charge >= 0.3 is 0 Å². The Bertz CT molecular complexity index is 488. The van der Waals surface area contributed by atoms with Crippen molar-refractivity contribution in [3.05, 3.63) is 50.1 Å². The zero-order valence-corrected chi connectivity index (χ0v) is 12.1. The fraction of sp³-hybridized carbons (Fsp3) is 0.231. The molecule has 90 valence electrons. The summed E-state index contributed by atoms with van der Waals surface area (Å²) in [6, 6.07) is 10.3. The lowest BCUT2D eigenvalue weighted by Crippen LogP contribution is -2.11. The van der Waals surface area contributed by atoms with Gasteiger partial charge in [-0.3, -0.25) is 0 Å². The van der Waals surface area contributed by atoms with Crippen LogP contribution in [0.3, 0.4) is 0 Å². The number of nitrogens with two attached hydrogens (primary N) is 1. The minimum Gasteiger partial charge on any atom is -0.399 e. The summed E-state index contributed by atoms with van der Waals surface area (Å²) < 4.78 is 1.03. The Hall–Kier alpha value is -0.840. The van der Waals surface area contributed by atoms with Gasteiger partial charge < -0.3 is 11.1 Å². The molecule has 0 atom stereocenters. The number of thiophene rings is 1. The van der Waals surface area contributed by atoms with Gasteiger partial charge in [-0.2, -0.15) is 0 Å². The van der Waals surface area contributed by atoms with Gasteiger partial charge in [-0.05, 0) is 42.8 Å². The second-order valence-electron chi connectivity index (χ2n) is 4.01. The second kappa shape index (κ2) is 5.67. The fourth-order valence-electron chi connectivity index (χ4n) is 1.69. The van der Waals surface area contributed by atoms with E-state index >= 15 is 0 Å². The largest absolute Gasteiger partial charge is 0.399 e. The molecule has 0 unspecified atom stereocenters. The Morgan fingerprint density at radius 3 is 2.71 bits per heavy atom. The number of hydrogen-bond donors (Lipinski definition) is 2. The number of halogens is 1. The zero-order chi connectivity index (χ0) is 12.3. The highest BCUT2D eigenvalue weighted by Crippen LogP contribution is 2.18. The standard InChI is InChI=1S/C13H15BrN2S/c1-9-2-3-13(17-9)8-16-7-10-4-11(14)6-12(15)5-10/h2-6,16H,7-8,15H2,1H3. The topological polar surface area (TPSA) is 38.0 Å². The maximum Gasteiger partial charge on any atom is 0.0328 e. The molecule has 0 aliphatic rings. The second-order valence-corrected chi connectivity index (χ2v) is 6.30. The molecule has 0 saturated heterocycles. The molecule has 0 aliphatic heterocycles. The first-order valence-electron chi connectivity index (χ1n) is 5.44. The lowest BCUT2D eigenvalue weighted by molar-refractivity contribution is 0.701. The first-order valence-corrected chi connectivity index (χ1v) is 7.05. The van der Waals surface area contributed by atoms with Crippen LogP contribution in [0.15, 0.2) is 34.8 Å². The van der Waals surface area contributed by atoms with E-state index in [1.165, 1.54) is 15.3 Å². The molecule has 0 bridgehead atoms. The lowest BCUT2D eigenvalue weighted by Gasteiger charge is -2.05. The molecule has 1 aromatic heterocycles. The summed E-state index contributed by atoms with van der Waals surface area (Å²) in [4.78, 5) is 2.72. The maximum absolute atomic E-state index is 5.79. The van der Waals surface area contributed by atoms with Crippen LogP contribution in [0, 0.1) is 6.92 Å². The van der Waals surface area contributed by atoms with E-state index in [4.69, 9.17) is 5.73 Å². The molecule has 17 heavy (non-hydrogen) atoms. The molecular weight excluding hydrogens is 296 g/mol. The highest BCUT2D eigenvalue weighted by Gasteiger charge is 1.99. The Balaban J connectivity index is 1.89. The predicted molar refractivity (Wildman–Crippen MR) is 78.2 cm³/mol. The van der Waals surface area contributed by atoms with Gasteiger partial charge in [0, 0.05) is 33.0 Å². The summed E-state index contributed by atoms with van der Waals surface area (Å²) in [6.45, 7) is 3.87. The van der Waals surface area contributed by atoms with E-state index in [-0.39, 0.29) is 0 Å². The SMILES string of the molecule is Cc1ccc(CNCc2cc(N)cc(Br)c2)s1. The predicted octanol–water partition coefficient (Wildman–Crippen LogP) is 3.69. The van der Waals surface area contributed by atoms with Crippen molar-refractivity contribution in [3.63, 3.8) is 0 Å². The summed E-state index contributed by atoms with van der Waals surface area (Å²) in [5.74, 6) is 0. The molecular formula is C13H15BrN2S. The third-order valence-electron chi connectivity index (χ3n) is 2.40. The first-order chi connectivity index (χ1) is 8.13. The van der Waals surface area contributed by atoms with Crippen LogP contribution >= 0.6 is 27.3 Å². The molecule has 2 aromatic rings. The number of hydrogen-bond acceptors (Lipinski definition) is 3. The van der Waals surface area contributed by atoms with Crippen LogP contribution in [0.2, 0.25) is 0 Å². The summed E-state index contributed by atoms with van der Waals surface area (Å²) in [7, 11) is 0. The van der Waals surface area contributed by atoms with Crippen molar-refractivity contribution in [2.45, 2.75) is 20.0 Å². The van der Waals surface area contributed by atoms with Gasteiger partial charge in [0.2, 0.25) is 0 Å². The van der Waals surface area contributed by atoms with Crippen LogP contribution in [-0.4, -0.2) is 0 Å². The number of rotatable bonds is 4. The third-order valence-corrected chi connectivity index (χ3v) is 3.86. The van der Waals surface area contributed by atoms with Gasteiger partial charge in [0.25, 0.3) is 0 Å². The van der Waals surface area contributed by atoms with Crippen molar-refractivity contribution in [1.82, 2.24) is 5.32 Å². The Labute approximate surface area is 114 Å². The summed E-state index contributed by atoms with van der Waals surface area (Å²) in [5.41, 5.74) is 7.78. The molecule has 1 aromatic carbocycles. The van der Waals surface area contributed by atoms with Crippen LogP contribution in [0.25, 0.3) is 0 Å². The van der Waals surface area contributed by atoms with Crippen molar-refractivity contribution in [2.75, 3.05) is 5.73 Å². The van der Waals surface area contributed by atoms with E-state index in [0.717, 1.165) is 23.2 Å². The van der Waals surface area contributed by atoms with Gasteiger partial charge in [0.05, 0.1) is 0 Å². The van der Waals surface area contributed by atoms with Gasteiger partial charge in [-0.1, -0.05) is 15.9 Å². The fourth-order valence-corrected chi connectivity index (χ4v) is 3.11. The minimum absolute atomic E-state index is 0.795. The quantitative estimate of drug-likeness (QED) is 0.845. The van der Waals surface area contributed by atoms with E-state index in [1.54, 1.807) is 0 Å². The van der Waals surface area contributed by atoms with E-state index < -0.39 is 0 Å². The van der Waals surface area contributed by atoms with Crippen molar-refractivity contribution >= 4 is 33.0 Å². The molecule has 0 spiro atoms. The van der Waals surface area contributed by atoms with Crippen LogP contribution in [-0.2, 0) is 13.1 Å².